The fourth-order valence-electron chi connectivity index (χ4n) is 1.87. The van der Waals surface area contributed by atoms with E-state index in [1.807, 2.05) is 0 Å². The van der Waals surface area contributed by atoms with Gasteiger partial charge in [-0.1, -0.05) is 6.92 Å². The van der Waals surface area contributed by atoms with Gasteiger partial charge in [-0.2, -0.15) is 0 Å². The molecule has 0 aromatic carbocycles. The van der Waals surface area contributed by atoms with Gasteiger partial charge in [-0.3, -0.25) is 0 Å². The van der Waals surface area contributed by atoms with Gasteiger partial charge in [0.25, 0.3) is 0 Å². The topological polar surface area (TPSA) is 30.5 Å². The van der Waals surface area contributed by atoms with E-state index in [9.17, 15) is 0 Å². The molecule has 0 saturated carbocycles. The SMILES string of the molecule is CCNC(C)CCOCC1CCOCC1. The van der Waals surface area contributed by atoms with Crippen molar-refractivity contribution in [3.63, 3.8) is 0 Å². The molecule has 3 nitrogen and oxygen atoms in total. The van der Waals surface area contributed by atoms with Crippen LogP contribution in [0.2, 0.25) is 0 Å². The van der Waals surface area contributed by atoms with E-state index < -0.39 is 0 Å². The fraction of sp³-hybridized carbons (Fsp3) is 1.00. The third-order valence-electron chi connectivity index (χ3n) is 2.94. The molecule has 1 atom stereocenters. The molecule has 0 amide bonds. The van der Waals surface area contributed by atoms with E-state index >= 15 is 0 Å². The predicted octanol–water partition coefficient (Wildman–Crippen LogP) is 1.82. The molecule has 90 valence electrons. The van der Waals surface area contributed by atoms with Crippen LogP contribution in [0.1, 0.15) is 33.1 Å². The molecule has 3 heteroatoms. The van der Waals surface area contributed by atoms with Crippen LogP contribution in [0, 0.1) is 5.92 Å². The largest absolute Gasteiger partial charge is 0.381 e. The zero-order valence-electron chi connectivity index (χ0n) is 10.1. The van der Waals surface area contributed by atoms with Gasteiger partial charge in [0.05, 0.1) is 0 Å². The highest BCUT2D eigenvalue weighted by atomic mass is 16.5. The van der Waals surface area contributed by atoms with Crippen LogP contribution >= 0.6 is 0 Å². The average Bonchev–Trinajstić information content (AvgIpc) is 2.26. The summed E-state index contributed by atoms with van der Waals surface area (Å²) in [6, 6.07) is 0.574. The smallest absolute Gasteiger partial charge is 0.0495 e. The lowest BCUT2D eigenvalue weighted by Crippen LogP contribution is -2.27. The van der Waals surface area contributed by atoms with Crippen molar-refractivity contribution in [3.05, 3.63) is 0 Å². The van der Waals surface area contributed by atoms with Crippen LogP contribution in [0.25, 0.3) is 0 Å². The molecule has 0 aliphatic carbocycles. The van der Waals surface area contributed by atoms with Gasteiger partial charge in [-0.25, -0.2) is 0 Å². The number of rotatable bonds is 7. The number of hydrogen-bond acceptors (Lipinski definition) is 3. The van der Waals surface area contributed by atoms with Gasteiger partial charge in [0.2, 0.25) is 0 Å². The first-order valence-corrected chi connectivity index (χ1v) is 6.21. The van der Waals surface area contributed by atoms with E-state index in [1.165, 1.54) is 12.8 Å². The summed E-state index contributed by atoms with van der Waals surface area (Å²) in [5.41, 5.74) is 0. The van der Waals surface area contributed by atoms with Crippen LogP contribution in [-0.2, 0) is 9.47 Å². The summed E-state index contributed by atoms with van der Waals surface area (Å²) in [5.74, 6) is 0.730. The average molecular weight is 215 g/mol. The Labute approximate surface area is 93.5 Å². The van der Waals surface area contributed by atoms with Gasteiger partial charge < -0.3 is 14.8 Å². The van der Waals surface area contributed by atoms with Crippen molar-refractivity contribution in [1.82, 2.24) is 5.32 Å². The van der Waals surface area contributed by atoms with E-state index in [1.54, 1.807) is 0 Å². The zero-order valence-corrected chi connectivity index (χ0v) is 10.1. The van der Waals surface area contributed by atoms with Crippen molar-refractivity contribution in [3.8, 4) is 0 Å². The molecule has 1 aliphatic rings. The maximum absolute atomic E-state index is 5.69. The van der Waals surface area contributed by atoms with Crippen molar-refractivity contribution in [2.75, 3.05) is 33.0 Å². The first kappa shape index (κ1) is 12.9. The van der Waals surface area contributed by atoms with Gasteiger partial charge in [0.15, 0.2) is 0 Å². The van der Waals surface area contributed by atoms with Crippen LogP contribution in [0.3, 0.4) is 0 Å². The maximum Gasteiger partial charge on any atom is 0.0495 e. The second-order valence-corrected chi connectivity index (χ2v) is 4.38. The predicted molar refractivity (Wildman–Crippen MR) is 62.1 cm³/mol. The summed E-state index contributed by atoms with van der Waals surface area (Å²) in [5, 5.41) is 3.38. The highest BCUT2D eigenvalue weighted by Gasteiger charge is 2.13. The highest BCUT2D eigenvalue weighted by Crippen LogP contribution is 2.14. The quantitative estimate of drug-likeness (QED) is 0.657. The molecular formula is C12H25NO2. The Balaban J connectivity index is 1.91. The van der Waals surface area contributed by atoms with Crippen LogP contribution in [0.4, 0.5) is 0 Å². The zero-order chi connectivity index (χ0) is 10.9. The third-order valence-corrected chi connectivity index (χ3v) is 2.94. The molecule has 1 unspecified atom stereocenters. The molecule has 1 heterocycles. The number of nitrogens with one attached hydrogen (secondary N) is 1. The Hall–Kier alpha value is -0.120. The minimum Gasteiger partial charge on any atom is -0.381 e. The van der Waals surface area contributed by atoms with Crippen molar-refractivity contribution < 1.29 is 9.47 Å². The summed E-state index contributed by atoms with van der Waals surface area (Å²) >= 11 is 0. The molecule has 1 fully saturated rings. The Morgan fingerprint density at radius 2 is 2.13 bits per heavy atom. The van der Waals surface area contributed by atoms with Gasteiger partial charge in [0, 0.05) is 32.5 Å². The van der Waals surface area contributed by atoms with Crippen LogP contribution in [-0.4, -0.2) is 39.0 Å². The third kappa shape index (κ3) is 6.13. The maximum atomic E-state index is 5.69. The molecule has 15 heavy (non-hydrogen) atoms. The second-order valence-electron chi connectivity index (χ2n) is 4.38. The highest BCUT2D eigenvalue weighted by molar-refractivity contribution is 4.63. The van der Waals surface area contributed by atoms with Crippen molar-refractivity contribution in [2.24, 2.45) is 5.92 Å². The molecule has 1 rings (SSSR count). The van der Waals surface area contributed by atoms with E-state index in [-0.39, 0.29) is 0 Å². The molecule has 0 aromatic heterocycles. The minimum atomic E-state index is 0.574. The lowest BCUT2D eigenvalue weighted by atomic mass is 10.0. The van der Waals surface area contributed by atoms with Gasteiger partial charge in [-0.15, -0.1) is 0 Å². The summed E-state index contributed by atoms with van der Waals surface area (Å²) in [6.45, 7) is 9.03. The van der Waals surface area contributed by atoms with Crippen LogP contribution in [0.15, 0.2) is 0 Å². The second kappa shape index (κ2) is 8.08. The Morgan fingerprint density at radius 1 is 1.40 bits per heavy atom. The number of hydrogen-bond donors (Lipinski definition) is 1. The van der Waals surface area contributed by atoms with Gasteiger partial charge in [0.1, 0.15) is 0 Å². The van der Waals surface area contributed by atoms with Crippen LogP contribution in [0.5, 0.6) is 0 Å². The lowest BCUT2D eigenvalue weighted by molar-refractivity contribution is 0.0189. The molecule has 1 aliphatic heterocycles. The Bertz CT molecular complexity index is 147. The molecule has 0 spiro atoms. The van der Waals surface area contributed by atoms with Gasteiger partial charge in [-0.05, 0) is 38.6 Å². The van der Waals surface area contributed by atoms with Gasteiger partial charge >= 0.3 is 0 Å². The normalized spacial score (nSPS) is 20.4. The van der Waals surface area contributed by atoms with E-state index in [0.29, 0.717) is 6.04 Å². The molecule has 0 radical (unpaired) electrons. The summed E-state index contributed by atoms with van der Waals surface area (Å²) in [4.78, 5) is 0. The monoisotopic (exact) mass is 215 g/mol. The summed E-state index contributed by atoms with van der Waals surface area (Å²) in [7, 11) is 0. The summed E-state index contributed by atoms with van der Waals surface area (Å²) in [6.07, 6.45) is 3.45. The Morgan fingerprint density at radius 3 is 2.80 bits per heavy atom. The van der Waals surface area contributed by atoms with Crippen molar-refractivity contribution >= 4 is 0 Å². The first-order chi connectivity index (χ1) is 7.33. The molecule has 1 saturated heterocycles. The first-order valence-electron chi connectivity index (χ1n) is 6.21. The standard InChI is InChI=1S/C12H25NO2/c1-3-13-11(2)4-7-15-10-12-5-8-14-9-6-12/h11-13H,3-10H2,1-2H3. The van der Waals surface area contributed by atoms with E-state index in [4.69, 9.17) is 9.47 Å². The van der Waals surface area contributed by atoms with Crippen LogP contribution < -0.4 is 5.32 Å². The summed E-state index contributed by atoms with van der Waals surface area (Å²) < 4.78 is 11.0. The van der Waals surface area contributed by atoms with Crippen molar-refractivity contribution in [1.29, 1.82) is 0 Å². The number of ether oxygens (including phenoxy) is 2. The molecular weight excluding hydrogens is 190 g/mol. The van der Waals surface area contributed by atoms with E-state index in [2.05, 4.69) is 19.2 Å². The van der Waals surface area contributed by atoms with Crippen molar-refractivity contribution in [2.45, 2.75) is 39.2 Å². The Kier molecular flexibility index (Phi) is 6.98. The molecule has 0 bridgehead atoms. The molecule has 1 N–H and O–H groups in total. The fourth-order valence-corrected chi connectivity index (χ4v) is 1.87. The lowest BCUT2D eigenvalue weighted by Gasteiger charge is -2.22. The minimum absolute atomic E-state index is 0.574. The van der Waals surface area contributed by atoms with E-state index in [0.717, 1.165) is 45.3 Å². The molecule has 0 aromatic rings.